The van der Waals surface area contributed by atoms with Gasteiger partial charge in [-0.05, 0) is 19.3 Å². The third-order valence-electron chi connectivity index (χ3n) is 2.93. The lowest BCUT2D eigenvalue weighted by molar-refractivity contribution is -0.135. The molecule has 1 amide bonds. The van der Waals surface area contributed by atoms with Gasteiger partial charge in [-0.3, -0.25) is 4.79 Å². The number of carbonyl (C=O) groups is 1. The van der Waals surface area contributed by atoms with E-state index < -0.39 is 6.10 Å². The summed E-state index contributed by atoms with van der Waals surface area (Å²) < 4.78 is 11.0. The highest BCUT2D eigenvalue weighted by Gasteiger charge is 2.18. The van der Waals surface area contributed by atoms with Gasteiger partial charge in [-0.15, -0.1) is 0 Å². The molecule has 0 radical (unpaired) electrons. The van der Waals surface area contributed by atoms with Crippen LogP contribution in [0.1, 0.15) is 27.2 Å². The number of rotatable bonds is 7. The molecule has 0 aromatic rings. The molecule has 106 valence electrons. The molecular formula is C13H26N2O3. The standard InChI is InChI=1S/C13H26N2O3/c1-10(2)4-5-15-13(16)11(3)18-9-12-8-14-6-7-17-12/h10-12,14H,4-9H2,1-3H3,(H,15,16). The van der Waals surface area contributed by atoms with Crippen LogP contribution in [-0.4, -0.2) is 51.0 Å². The summed E-state index contributed by atoms with van der Waals surface area (Å²) in [4.78, 5) is 11.7. The Balaban J connectivity index is 2.10. The summed E-state index contributed by atoms with van der Waals surface area (Å²) in [6.45, 7) is 9.63. The number of morpholine rings is 1. The van der Waals surface area contributed by atoms with Gasteiger partial charge in [-0.25, -0.2) is 0 Å². The average molecular weight is 258 g/mol. The molecule has 18 heavy (non-hydrogen) atoms. The van der Waals surface area contributed by atoms with Crippen LogP contribution in [0.2, 0.25) is 0 Å². The highest BCUT2D eigenvalue weighted by atomic mass is 16.5. The molecule has 1 fully saturated rings. The van der Waals surface area contributed by atoms with Crippen LogP contribution in [0.4, 0.5) is 0 Å². The summed E-state index contributed by atoms with van der Waals surface area (Å²) in [5.74, 6) is 0.558. The summed E-state index contributed by atoms with van der Waals surface area (Å²) in [6, 6.07) is 0. The van der Waals surface area contributed by atoms with E-state index in [1.165, 1.54) is 0 Å². The number of nitrogens with one attached hydrogen (secondary N) is 2. The predicted molar refractivity (Wildman–Crippen MR) is 70.5 cm³/mol. The van der Waals surface area contributed by atoms with Gasteiger partial charge in [0.05, 0.1) is 19.3 Å². The normalized spacial score (nSPS) is 21.9. The van der Waals surface area contributed by atoms with Crippen LogP contribution in [0.25, 0.3) is 0 Å². The molecule has 5 heteroatoms. The topological polar surface area (TPSA) is 59.6 Å². The van der Waals surface area contributed by atoms with Crippen molar-refractivity contribution in [1.82, 2.24) is 10.6 Å². The molecule has 0 aromatic carbocycles. The molecule has 1 saturated heterocycles. The molecule has 0 aliphatic carbocycles. The van der Waals surface area contributed by atoms with Gasteiger partial charge in [-0.1, -0.05) is 13.8 Å². The van der Waals surface area contributed by atoms with Crippen LogP contribution < -0.4 is 10.6 Å². The molecule has 0 aromatic heterocycles. The van der Waals surface area contributed by atoms with Crippen molar-refractivity contribution in [3.05, 3.63) is 0 Å². The second-order valence-electron chi connectivity index (χ2n) is 5.15. The second kappa shape index (κ2) is 8.45. The Kier molecular flexibility index (Phi) is 7.23. The molecular weight excluding hydrogens is 232 g/mol. The van der Waals surface area contributed by atoms with Crippen LogP contribution >= 0.6 is 0 Å². The lowest BCUT2D eigenvalue weighted by Crippen LogP contribution is -2.43. The maximum absolute atomic E-state index is 11.7. The first-order valence-electron chi connectivity index (χ1n) is 6.81. The minimum atomic E-state index is -0.414. The molecule has 0 saturated carbocycles. The molecule has 0 spiro atoms. The third-order valence-corrected chi connectivity index (χ3v) is 2.93. The Morgan fingerprint density at radius 3 is 2.89 bits per heavy atom. The van der Waals surface area contributed by atoms with Crippen LogP contribution in [0.3, 0.4) is 0 Å². The van der Waals surface area contributed by atoms with E-state index in [1.54, 1.807) is 6.92 Å². The number of hydrogen-bond donors (Lipinski definition) is 2. The number of ether oxygens (including phenoxy) is 2. The molecule has 1 aliphatic rings. The fraction of sp³-hybridized carbons (Fsp3) is 0.923. The van der Waals surface area contributed by atoms with Crippen LogP contribution in [0, 0.1) is 5.92 Å². The molecule has 2 unspecified atom stereocenters. The summed E-state index contributed by atoms with van der Waals surface area (Å²) in [6.07, 6.45) is 0.640. The van der Waals surface area contributed by atoms with Crippen molar-refractivity contribution < 1.29 is 14.3 Å². The van der Waals surface area contributed by atoms with Crippen molar-refractivity contribution in [1.29, 1.82) is 0 Å². The number of amides is 1. The average Bonchev–Trinajstić information content (AvgIpc) is 2.36. The summed E-state index contributed by atoms with van der Waals surface area (Å²) in [7, 11) is 0. The van der Waals surface area contributed by atoms with Crippen molar-refractivity contribution in [2.75, 3.05) is 32.8 Å². The van der Waals surface area contributed by atoms with E-state index in [0.717, 1.165) is 19.5 Å². The second-order valence-corrected chi connectivity index (χ2v) is 5.15. The Bertz CT molecular complexity index is 240. The predicted octanol–water partition coefficient (Wildman–Crippen LogP) is 0.542. The largest absolute Gasteiger partial charge is 0.373 e. The lowest BCUT2D eigenvalue weighted by atomic mass is 10.1. The van der Waals surface area contributed by atoms with Gasteiger partial charge in [0.25, 0.3) is 0 Å². The summed E-state index contributed by atoms with van der Waals surface area (Å²) >= 11 is 0. The van der Waals surface area contributed by atoms with Gasteiger partial charge in [0.15, 0.2) is 0 Å². The van der Waals surface area contributed by atoms with Crippen molar-refractivity contribution in [3.63, 3.8) is 0 Å². The minimum Gasteiger partial charge on any atom is -0.373 e. The first-order valence-corrected chi connectivity index (χ1v) is 6.81. The molecule has 2 atom stereocenters. The Labute approximate surface area is 110 Å². The van der Waals surface area contributed by atoms with E-state index in [-0.39, 0.29) is 12.0 Å². The van der Waals surface area contributed by atoms with E-state index in [2.05, 4.69) is 24.5 Å². The highest BCUT2D eigenvalue weighted by Crippen LogP contribution is 2.01. The molecule has 5 nitrogen and oxygen atoms in total. The zero-order chi connectivity index (χ0) is 13.4. The molecule has 1 aliphatic heterocycles. The van der Waals surface area contributed by atoms with Gasteiger partial charge in [-0.2, -0.15) is 0 Å². The third kappa shape index (κ3) is 6.33. The van der Waals surface area contributed by atoms with E-state index in [0.29, 0.717) is 25.7 Å². The van der Waals surface area contributed by atoms with Gasteiger partial charge >= 0.3 is 0 Å². The first-order chi connectivity index (χ1) is 8.59. The van der Waals surface area contributed by atoms with E-state index in [9.17, 15) is 4.79 Å². The number of hydrogen-bond acceptors (Lipinski definition) is 4. The van der Waals surface area contributed by atoms with Gasteiger partial charge in [0.1, 0.15) is 6.10 Å². The van der Waals surface area contributed by atoms with Crippen molar-refractivity contribution in [2.45, 2.75) is 39.4 Å². The van der Waals surface area contributed by atoms with Crippen molar-refractivity contribution >= 4 is 5.91 Å². The monoisotopic (exact) mass is 258 g/mol. The maximum atomic E-state index is 11.7. The highest BCUT2D eigenvalue weighted by molar-refractivity contribution is 5.80. The summed E-state index contributed by atoms with van der Waals surface area (Å²) in [5, 5.41) is 6.11. The number of carbonyl (C=O) groups excluding carboxylic acids is 1. The van der Waals surface area contributed by atoms with Gasteiger partial charge < -0.3 is 20.1 Å². The quantitative estimate of drug-likeness (QED) is 0.700. The first kappa shape index (κ1) is 15.4. The van der Waals surface area contributed by atoms with E-state index in [1.807, 2.05) is 0 Å². The fourth-order valence-corrected chi connectivity index (χ4v) is 1.68. The molecule has 2 N–H and O–H groups in total. The van der Waals surface area contributed by atoms with Gasteiger partial charge in [0.2, 0.25) is 5.91 Å². The SMILES string of the molecule is CC(C)CCNC(=O)C(C)OCC1CNCCO1. The minimum absolute atomic E-state index is 0.0422. The van der Waals surface area contributed by atoms with Crippen molar-refractivity contribution in [3.8, 4) is 0 Å². The summed E-state index contributed by atoms with van der Waals surface area (Å²) in [5.41, 5.74) is 0. The van der Waals surface area contributed by atoms with Crippen LogP contribution in [0.5, 0.6) is 0 Å². The van der Waals surface area contributed by atoms with Crippen LogP contribution in [0.15, 0.2) is 0 Å². The Hall–Kier alpha value is -0.650. The molecule has 1 rings (SSSR count). The zero-order valence-electron chi connectivity index (χ0n) is 11.7. The molecule has 0 bridgehead atoms. The fourth-order valence-electron chi connectivity index (χ4n) is 1.68. The van der Waals surface area contributed by atoms with Crippen molar-refractivity contribution in [2.24, 2.45) is 5.92 Å². The zero-order valence-corrected chi connectivity index (χ0v) is 11.7. The van der Waals surface area contributed by atoms with E-state index in [4.69, 9.17) is 9.47 Å². The van der Waals surface area contributed by atoms with Gasteiger partial charge in [0, 0.05) is 19.6 Å². The Morgan fingerprint density at radius 1 is 1.50 bits per heavy atom. The Morgan fingerprint density at radius 2 is 2.28 bits per heavy atom. The maximum Gasteiger partial charge on any atom is 0.248 e. The smallest absolute Gasteiger partial charge is 0.248 e. The lowest BCUT2D eigenvalue weighted by Gasteiger charge is -2.24. The van der Waals surface area contributed by atoms with E-state index >= 15 is 0 Å². The molecule has 1 heterocycles. The van der Waals surface area contributed by atoms with Crippen LogP contribution in [-0.2, 0) is 14.3 Å².